The summed E-state index contributed by atoms with van der Waals surface area (Å²) in [5, 5.41) is 0. The van der Waals surface area contributed by atoms with E-state index in [2.05, 4.69) is 19.1 Å². The first-order chi connectivity index (χ1) is 18.5. The second kappa shape index (κ2) is 23.5. The summed E-state index contributed by atoms with van der Waals surface area (Å²) in [6.07, 6.45) is 18.5. The van der Waals surface area contributed by atoms with E-state index in [9.17, 15) is 19.0 Å². The lowest BCUT2D eigenvalue weighted by Crippen LogP contribution is -2.37. The molecule has 1 N–H and O–H groups in total. The molecule has 2 unspecified atom stereocenters. The number of ether oxygens (including phenoxy) is 2. The molecule has 0 aliphatic carbocycles. The SMILES string of the molecule is CCCCCCC/C=C\CCCCCCCC(=O)OC(COC(=O)CCC)COP(=O)(O)OCC[N+](C)(C)C. The molecule has 0 saturated heterocycles. The molecule has 0 aliphatic rings. The Labute approximate surface area is 237 Å². The molecule has 2 atom stereocenters. The third-order valence-corrected chi connectivity index (χ3v) is 7.00. The van der Waals surface area contributed by atoms with Crippen LogP contribution in [0.3, 0.4) is 0 Å². The Hall–Kier alpha value is -1.25. The van der Waals surface area contributed by atoms with Gasteiger partial charge in [-0.15, -0.1) is 0 Å². The molecule has 0 bridgehead atoms. The van der Waals surface area contributed by atoms with Crippen LogP contribution in [0.2, 0.25) is 0 Å². The number of phosphoric acid groups is 1. The van der Waals surface area contributed by atoms with E-state index in [1.165, 1.54) is 38.5 Å². The minimum atomic E-state index is -4.33. The molecule has 39 heavy (non-hydrogen) atoms. The monoisotopic (exact) mass is 578 g/mol. The Bertz CT molecular complexity index is 708. The quantitative estimate of drug-likeness (QED) is 0.0396. The van der Waals surface area contributed by atoms with Crippen LogP contribution in [0.4, 0.5) is 0 Å². The number of carbonyl (C=O) groups is 2. The van der Waals surface area contributed by atoms with E-state index >= 15 is 0 Å². The Morgan fingerprint density at radius 2 is 1.36 bits per heavy atom. The first-order valence-corrected chi connectivity index (χ1v) is 16.4. The Morgan fingerprint density at radius 3 is 1.95 bits per heavy atom. The number of nitrogens with zero attached hydrogens (tertiary/aromatic N) is 1. The number of phosphoric ester groups is 1. The number of likely N-dealkylation sites (N-methyl/N-ethyl adjacent to an activating group) is 1. The smallest absolute Gasteiger partial charge is 0.462 e. The van der Waals surface area contributed by atoms with Crippen LogP contribution in [0.25, 0.3) is 0 Å². The Kier molecular flexibility index (Phi) is 22.7. The minimum absolute atomic E-state index is 0.0304. The maximum Gasteiger partial charge on any atom is 0.472 e. The maximum absolute atomic E-state index is 12.4. The largest absolute Gasteiger partial charge is 0.472 e. The van der Waals surface area contributed by atoms with Gasteiger partial charge < -0.3 is 18.9 Å². The van der Waals surface area contributed by atoms with Crippen LogP contribution < -0.4 is 0 Å². The summed E-state index contributed by atoms with van der Waals surface area (Å²) in [6.45, 7) is 3.98. The zero-order chi connectivity index (χ0) is 29.4. The Balaban J connectivity index is 4.26. The molecule has 0 heterocycles. The summed E-state index contributed by atoms with van der Waals surface area (Å²) in [7, 11) is 1.46. The van der Waals surface area contributed by atoms with Gasteiger partial charge in [-0.3, -0.25) is 18.6 Å². The highest BCUT2D eigenvalue weighted by Gasteiger charge is 2.26. The first-order valence-electron chi connectivity index (χ1n) is 14.9. The molecule has 0 aromatic heterocycles. The van der Waals surface area contributed by atoms with Gasteiger partial charge in [-0.1, -0.05) is 70.9 Å². The molecule has 10 heteroatoms. The number of hydrogen-bond donors (Lipinski definition) is 1. The van der Waals surface area contributed by atoms with Crippen molar-refractivity contribution in [3.05, 3.63) is 12.2 Å². The summed E-state index contributed by atoms with van der Waals surface area (Å²) in [6, 6.07) is 0. The van der Waals surface area contributed by atoms with Gasteiger partial charge in [-0.25, -0.2) is 4.57 Å². The summed E-state index contributed by atoms with van der Waals surface area (Å²) < 4.78 is 33.4. The highest BCUT2D eigenvalue weighted by molar-refractivity contribution is 7.47. The van der Waals surface area contributed by atoms with Gasteiger partial charge in [-0.05, 0) is 38.5 Å². The van der Waals surface area contributed by atoms with Crippen molar-refractivity contribution in [3.63, 3.8) is 0 Å². The fraction of sp³-hybridized carbons (Fsp3) is 0.862. The molecular weight excluding hydrogens is 521 g/mol. The zero-order valence-corrected chi connectivity index (χ0v) is 26.3. The van der Waals surface area contributed by atoms with Crippen LogP contribution in [-0.2, 0) is 32.7 Å². The van der Waals surface area contributed by atoms with Crippen molar-refractivity contribution in [1.29, 1.82) is 0 Å². The molecule has 0 aliphatic heterocycles. The molecule has 0 spiro atoms. The van der Waals surface area contributed by atoms with Crippen LogP contribution in [0.15, 0.2) is 12.2 Å². The molecule has 0 amide bonds. The van der Waals surface area contributed by atoms with Gasteiger partial charge >= 0.3 is 19.8 Å². The first kappa shape index (κ1) is 37.8. The normalized spacial score (nSPS) is 14.3. The van der Waals surface area contributed by atoms with Crippen LogP contribution in [0, 0.1) is 0 Å². The maximum atomic E-state index is 12.4. The molecule has 0 aromatic carbocycles. The van der Waals surface area contributed by atoms with E-state index in [-0.39, 0.29) is 26.1 Å². The average Bonchev–Trinajstić information content (AvgIpc) is 2.85. The molecule has 0 rings (SSSR count). The van der Waals surface area contributed by atoms with Crippen molar-refractivity contribution in [2.75, 3.05) is 47.5 Å². The molecule has 0 radical (unpaired) electrons. The van der Waals surface area contributed by atoms with Gasteiger partial charge in [0.2, 0.25) is 0 Å². The summed E-state index contributed by atoms with van der Waals surface area (Å²) in [5.74, 6) is -0.873. The number of allylic oxidation sites excluding steroid dienone is 2. The minimum Gasteiger partial charge on any atom is -0.462 e. The summed E-state index contributed by atoms with van der Waals surface area (Å²) >= 11 is 0. The van der Waals surface area contributed by atoms with Gasteiger partial charge in [0.25, 0.3) is 0 Å². The van der Waals surface area contributed by atoms with E-state index in [0.29, 0.717) is 23.9 Å². The second-order valence-electron chi connectivity index (χ2n) is 11.1. The number of quaternary nitrogens is 1. The lowest BCUT2D eigenvalue weighted by molar-refractivity contribution is -0.870. The highest BCUT2D eigenvalue weighted by atomic mass is 31.2. The lowest BCUT2D eigenvalue weighted by atomic mass is 10.1. The van der Waals surface area contributed by atoms with E-state index in [0.717, 1.165) is 32.1 Å². The second-order valence-corrected chi connectivity index (χ2v) is 12.6. The predicted molar refractivity (Wildman–Crippen MR) is 155 cm³/mol. The van der Waals surface area contributed by atoms with Crippen molar-refractivity contribution in [2.45, 2.75) is 116 Å². The topological polar surface area (TPSA) is 108 Å². The number of hydrogen-bond acceptors (Lipinski definition) is 7. The van der Waals surface area contributed by atoms with Gasteiger partial charge in [0, 0.05) is 12.8 Å². The highest BCUT2D eigenvalue weighted by Crippen LogP contribution is 2.43. The van der Waals surface area contributed by atoms with Gasteiger partial charge in [0.15, 0.2) is 6.10 Å². The molecule has 0 saturated carbocycles. The predicted octanol–water partition coefficient (Wildman–Crippen LogP) is 6.73. The van der Waals surface area contributed by atoms with Crippen LogP contribution in [-0.4, -0.2) is 74.9 Å². The number of unbranched alkanes of at least 4 members (excludes halogenated alkanes) is 10. The van der Waals surface area contributed by atoms with Gasteiger partial charge in [-0.2, -0.15) is 0 Å². The third-order valence-electron chi connectivity index (χ3n) is 6.02. The third kappa shape index (κ3) is 26.7. The summed E-state index contributed by atoms with van der Waals surface area (Å²) in [5.41, 5.74) is 0. The van der Waals surface area contributed by atoms with Crippen LogP contribution >= 0.6 is 7.82 Å². The molecule has 0 fully saturated rings. The van der Waals surface area contributed by atoms with Crippen molar-refractivity contribution >= 4 is 19.8 Å². The standard InChI is InChI=1S/C29H56NO8P/c1-6-8-9-10-11-12-13-14-15-16-17-18-19-20-22-29(32)38-27(25-35-28(31)21-7-2)26-37-39(33,34)36-24-23-30(3,4)5/h13-14,27H,6-12,15-26H2,1-5H3/p+1/b14-13-. The molecule has 9 nitrogen and oxygen atoms in total. The Morgan fingerprint density at radius 1 is 0.769 bits per heavy atom. The van der Waals surface area contributed by atoms with E-state index in [1.807, 2.05) is 28.1 Å². The van der Waals surface area contributed by atoms with Gasteiger partial charge in [0.05, 0.1) is 27.7 Å². The number of esters is 2. The fourth-order valence-corrected chi connectivity index (χ4v) is 4.37. The van der Waals surface area contributed by atoms with Crippen LogP contribution in [0.5, 0.6) is 0 Å². The van der Waals surface area contributed by atoms with Crippen molar-refractivity contribution < 1.29 is 42.1 Å². The van der Waals surface area contributed by atoms with Crippen molar-refractivity contribution in [1.82, 2.24) is 0 Å². The average molecular weight is 579 g/mol. The lowest BCUT2D eigenvalue weighted by Gasteiger charge is -2.24. The molecular formula is C29H57NO8P+. The van der Waals surface area contributed by atoms with Crippen molar-refractivity contribution in [2.24, 2.45) is 0 Å². The molecule has 230 valence electrons. The van der Waals surface area contributed by atoms with E-state index in [4.69, 9.17) is 18.5 Å². The van der Waals surface area contributed by atoms with Gasteiger partial charge in [0.1, 0.15) is 19.8 Å². The zero-order valence-electron chi connectivity index (χ0n) is 25.4. The fourth-order valence-electron chi connectivity index (χ4n) is 3.63. The number of rotatable bonds is 26. The molecule has 0 aromatic rings. The number of carbonyl (C=O) groups excluding carboxylic acids is 2. The van der Waals surface area contributed by atoms with Crippen molar-refractivity contribution in [3.8, 4) is 0 Å². The van der Waals surface area contributed by atoms with E-state index in [1.54, 1.807) is 0 Å². The van der Waals surface area contributed by atoms with Crippen LogP contribution in [0.1, 0.15) is 110 Å². The summed E-state index contributed by atoms with van der Waals surface area (Å²) in [4.78, 5) is 34.1. The van der Waals surface area contributed by atoms with E-state index < -0.39 is 32.5 Å².